The lowest BCUT2D eigenvalue weighted by Gasteiger charge is -2.11. The topological polar surface area (TPSA) is 104 Å². The van der Waals surface area contributed by atoms with Crippen molar-refractivity contribution in [2.45, 2.75) is 13.2 Å². The molecule has 0 aliphatic heterocycles. The van der Waals surface area contributed by atoms with Crippen molar-refractivity contribution >= 4 is 11.8 Å². The number of aromatic nitrogens is 1. The molecule has 0 aliphatic rings. The molecular weight excluding hydrogens is 449 g/mol. The summed E-state index contributed by atoms with van der Waals surface area (Å²) in [6, 6.07) is 22.8. The van der Waals surface area contributed by atoms with Gasteiger partial charge in [0.1, 0.15) is 23.9 Å². The minimum atomic E-state index is -0.571. The van der Waals surface area contributed by atoms with Crippen molar-refractivity contribution in [2.75, 3.05) is 0 Å². The second-order valence-corrected chi connectivity index (χ2v) is 7.59. The molecule has 0 spiro atoms. The highest BCUT2D eigenvalue weighted by molar-refractivity contribution is 5.95. The van der Waals surface area contributed by atoms with Gasteiger partial charge in [-0.25, -0.2) is 9.37 Å². The summed E-state index contributed by atoms with van der Waals surface area (Å²) in [7, 11) is 0. The quantitative estimate of drug-likeness (QED) is 0.371. The average molecular weight is 471 g/mol. The zero-order chi connectivity index (χ0) is 24.6. The minimum Gasteiger partial charge on any atom is -0.488 e. The summed E-state index contributed by atoms with van der Waals surface area (Å²) in [6.07, 6.45) is 1.60. The van der Waals surface area contributed by atoms with Gasteiger partial charge in [-0.1, -0.05) is 30.3 Å². The number of primary amides is 1. The number of rotatable bonds is 9. The van der Waals surface area contributed by atoms with Crippen LogP contribution in [0.4, 0.5) is 4.39 Å². The Morgan fingerprint density at radius 3 is 2.46 bits per heavy atom. The fourth-order valence-corrected chi connectivity index (χ4v) is 3.24. The van der Waals surface area contributed by atoms with Gasteiger partial charge in [0.25, 0.3) is 11.8 Å². The highest BCUT2D eigenvalue weighted by Gasteiger charge is 2.10. The molecule has 8 heteroatoms. The predicted octanol–water partition coefficient (Wildman–Crippen LogP) is 4.62. The van der Waals surface area contributed by atoms with Crippen LogP contribution in [-0.4, -0.2) is 16.8 Å². The van der Waals surface area contributed by atoms with Crippen LogP contribution in [0.1, 0.15) is 31.8 Å². The maximum atomic E-state index is 13.0. The molecule has 3 N–H and O–H groups in total. The van der Waals surface area contributed by atoms with Crippen LogP contribution < -0.4 is 20.5 Å². The highest BCUT2D eigenvalue weighted by Crippen LogP contribution is 2.20. The second-order valence-electron chi connectivity index (χ2n) is 7.59. The molecule has 7 nitrogen and oxygen atoms in total. The summed E-state index contributed by atoms with van der Waals surface area (Å²) in [5.74, 6) is 0.0469. The van der Waals surface area contributed by atoms with Gasteiger partial charge in [0.15, 0.2) is 0 Å². The number of para-hydroxylation sites is 1. The maximum Gasteiger partial charge on any atom is 0.252 e. The van der Waals surface area contributed by atoms with Gasteiger partial charge in [-0.05, 0) is 59.7 Å². The van der Waals surface area contributed by atoms with E-state index < -0.39 is 5.91 Å². The zero-order valence-corrected chi connectivity index (χ0v) is 18.6. The summed E-state index contributed by atoms with van der Waals surface area (Å²) >= 11 is 0. The largest absolute Gasteiger partial charge is 0.488 e. The van der Waals surface area contributed by atoms with E-state index in [0.29, 0.717) is 28.5 Å². The number of pyridine rings is 1. The normalized spacial score (nSPS) is 10.4. The number of nitrogens with two attached hydrogens (primary N) is 1. The zero-order valence-electron chi connectivity index (χ0n) is 18.6. The van der Waals surface area contributed by atoms with E-state index in [-0.39, 0.29) is 24.9 Å². The Morgan fingerprint density at radius 2 is 1.71 bits per heavy atom. The van der Waals surface area contributed by atoms with Crippen molar-refractivity contribution in [3.63, 3.8) is 0 Å². The van der Waals surface area contributed by atoms with E-state index >= 15 is 0 Å². The van der Waals surface area contributed by atoms with Crippen molar-refractivity contribution in [2.24, 2.45) is 5.73 Å². The molecule has 0 unspecified atom stereocenters. The van der Waals surface area contributed by atoms with Crippen molar-refractivity contribution in [1.29, 1.82) is 0 Å². The lowest BCUT2D eigenvalue weighted by Crippen LogP contribution is -2.23. The van der Waals surface area contributed by atoms with Crippen LogP contribution in [0.2, 0.25) is 0 Å². The fourth-order valence-electron chi connectivity index (χ4n) is 3.24. The fraction of sp³-hybridized carbons (Fsp3) is 0.0741. The number of carbonyl (C=O) groups excluding carboxylic acids is 2. The van der Waals surface area contributed by atoms with Crippen LogP contribution in [0.25, 0.3) is 0 Å². The number of hydrogen-bond acceptors (Lipinski definition) is 5. The third-order valence-corrected chi connectivity index (χ3v) is 5.02. The Balaban J connectivity index is 1.32. The first-order valence-corrected chi connectivity index (χ1v) is 10.7. The van der Waals surface area contributed by atoms with Gasteiger partial charge in [-0.3, -0.25) is 9.59 Å². The molecule has 1 aromatic heterocycles. The molecule has 2 amide bonds. The number of benzene rings is 3. The lowest BCUT2D eigenvalue weighted by molar-refractivity contribution is 0.0949. The number of nitrogens with zero attached hydrogens (tertiary/aromatic N) is 1. The molecule has 4 aromatic rings. The molecule has 0 fully saturated rings. The number of carbonyl (C=O) groups is 2. The first kappa shape index (κ1) is 23.4. The Kier molecular flexibility index (Phi) is 7.32. The van der Waals surface area contributed by atoms with Crippen LogP contribution in [0.3, 0.4) is 0 Å². The minimum absolute atomic E-state index is 0.171. The van der Waals surface area contributed by atoms with E-state index in [4.69, 9.17) is 15.2 Å². The molecule has 0 aliphatic carbocycles. The third-order valence-electron chi connectivity index (χ3n) is 5.02. The molecule has 0 bridgehead atoms. The van der Waals surface area contributed by atoms with E-state index in [1.165, 1.54) is 24.3 Å². The Hall–Kier alpha value is -4.72. The van der Waals surface area contributed by atoms with E-state index in [1.807, 2.05) is 6.07 Å². The van der Waals surface area contributed by atoms with Crippen molar-refractivity contribution in [3.8, 4) is 17.4 Å². The highest BCUT2D eigenvalue weighted by atomic mass is 19.1. The molecule has 0 saturated carbocycles. The molecule has 3 aromatic carbocycles. The summed E-state index contributed by atoms with van der Waals surface area (Å²) in [5.41, 5.74) is 7.70. The monoisotopic (exact) mass is 471 g/mol. The SMILES string of the molecule is NC(=O)c1ccccc1OCc1cccc(C(=O)NCc2ccc(Oc3ccc(F)cc3)nc2)c1. The second kappa shape index (κ2) is 10.9. The van der Waals surface area contributed by atoms with Crippen LogP contribution in [-0.2, 0) is 13.2 Å². The van der Waals surface area contributed by atoms with Crippen LogP contribution in [0, 0.1) is 5.82 Å². The molecule has 4 rings (SSSR count). The number of amides is 2. The van der Waals surface area contributed by atoms with Crippen LogP contribution >= 0.6 is 0 Å². The van der Waals surface area contributed by atoms with Gasteiger partial charge in [0.05, 0.1) is 5.56 Å². The summed E-state index contributed by atoms with van der Waals surface area (Å²) in [4.78, 5) is 28.4. The number of hydrogen-bond donors (Lipinski definition) is 2. The first-order valence-electron chi connectivity index (χ1n) is 10.7. The smallest absolute Gasteiger partial charge is 0.252 e. The predicted molar refractivity (Wildman–Crippen MR) is 128 cm³/mol. The van der Waals surface area contributed by atoms with Crippen molar-refractivity contribution < 1.29 is 23.5 Å². The van der Waals surface area contributed by atoms with E-state index in [2.05, 4.69) is 10.3 Å². The third kappa shape index (κ3) is 6.42. The number of halogens is 1. The molecular formula is C27H22FN3O4. The average Bonchev–Trinajstić information content (AvgIpc) is 2.88. The van der Waals surface area contributed by atoms with E-state index in [1.54, 1.807) is 60.8 Å². The lowest BCUT2D eigenvalue weighted by atomic mass is 10.1. The van der Waals surface area contributed by atoms with Crippen molar-refractivity contribution in [1.82, 2.24) is 10.3 Å². The van der Waals surface area contributed by atoms with Gasteiger partial charge in [0.2, 0.25) is 5.88 Å². The molecule has 0 atom stereocenters. The van der Waals surface area contributed by atoms with Crippen LogP contribution in [0.15, 0.2) is 91.1 Å². The van der Waals surface area contributed by atoms with Crippen molar-refractivity contribution in [3.05, 3.63) is 119 Å². The Bertz CT molecular complexity index is 1330. The summed E-state index contributed by atoms with van der Waals surface area (Å²) in [6.45, 7) is 0.445. The number of nitrogens with one attached hydrogen (secondary N) is 1. The van der Waals surface area contributed by atoms with E-state index in [9.17, 15) is 14.0 Å². The molecule has 35 heavy (non-hydrogen) atoms. The van der Waals surface area contributed by atoms with Crippen LogP contribution in [0.5, 0.6) is 17.4 Å². The van der Waals surface area contributed by atoms with Gasteiger partial charge in [0, 0.05) is 24.4 Å². The summed E-state index contributed by atoms with van der Waals surface area (Å²) in [5, 5.41) is 2.85. The van der Waals surface area contributed by atoms with Gasteiger partial charge in [-0.2, -0.15) is 0 Å². The molecule has 0 radical (unpaired) electrons. The maximum absolute atomic E-state index is 13.0. The summed E-state index contributed by atoms with van der Waals surface area (Å²) < 4.78 is 24.3. The Morgan fingerprint density at radius 1 is 0.914 bits per heavy atom. The van der Waals surface area contributed by atoms with Gasteiger partial charge >= 0.3 is 0 Å². The Labute approximate surface area is 201 Å². The molecule has 1 heterocycles. The van der Waals surface area contributed by atoms with Gasteiger partial charge in [-0.15, -0.1) is 0 Å². The molecule has 0 saturated heterocycles. The van der Waals surface area contributed by atoms with E-state index in [0.717, 1.165) is 11.1 Å². The van der Waals surface area contributed by atoms with Gasteiger partial charge < -0.3 is 20.5 Å². The standard InChI is InChI=1S/C27H22FN3O4/c28-21-9-11-22(12-10-21)35-25-13-8-19(15-30-25)16-31-27(33)20-5-3-4-18(14-20)17-34-24-7-2-1-6-23(24)26(29)32/h1-15H,16-17H2,(H2,29,32)(H,31,33). The number of ether oxygens (including phenoxy) is 2. The first-order chi connectivity index (χ1) is 17.0. The molecule has 176 valence electrons.